The van der Waals surface area contributed by atoms with E-state index in [1.54, 1.807) is 0 Å². The Labute approximate surface area is 95.3 Å². The zero-order valence-corrected chi connectivity index (χ0v) is 10.3. The van der Waals surface area contributed by atoms with Crippen molar-refractivity contribution in [2.75, 3.05) is 11.5 Å². The molecule has 0 fully saturated rings. The molecule has 5 nitrogen and oxygen atoms in total. The van der Waals surface area contributed by atoms with Crippen molar-refractivity contribution in [1.82, 2.24) is 15.0 Å². The van der Waals surface area contributed by atoms with Gasteiger partial charge in [0.05, 0.1) is 0 Å². The van der Waals surface area contributed by atoms with Crippen LogP contribution < -0.4 is 11.5 Å². The van der Waals surface area contributed by atoms with Crippen LogP contribution in [0.15, 0.2) is 0 Å². The normalized spacial score (nSPS) is 10.5. The van der Waals surface area contributed by atoms with Crippen LogP contribution in [0.1, 0.15) is 34.1 Å². The molecule has 1 heterocycles. The Kier molecular flexibility index (Phi) is 5.28. The maximum absolute atomic E-state index is 5.33. The van der Waals surface area contributed by atoms with Crippen molar-refractivity contribution in [3.63, 3.8) is 0 Å². The molecule has 1 rings (SSSR count). The predicted molar refractivity (Wildman–Crippen MR) is 63.4 cm³/mol. The minimum Gasteiger partial charge on any atom is -0.368 e. The second-order valence-corrected chi connectivity index (χ2v) is 4.57. The first-order valence-electron chi connectivity index (χ1n) is 4.67. The number of rotatable bonds is 0. The second kappa shape index (κ2) is 5.70. The number of anilines is 2. The Bertz CT molecular complexity index is 257. The average Bonchev–Trinajstić information content (AvgIpc) is 2.01. The van der Waals surface area contributed by atoms with Gasteiger partial charge in [-0.3, -0.25) is 0 Å². The Hall–Kier alpha value is -1.10. The summed E-state index contributed by atoms with van der Waals surface area (Å²) in [5.41, 5.74) is 10.8. The van der Waals surface area contributed by atoms with Gasteiger partial charge in [0.1, 0.15) is 0 Å². The summed E-state index contributed by atoms with van der Waals surface area (Å²) in [4.78, 5) is 10.4. The molecule has 0 amide bonds. The minimum absolute atomic E-state index is 0.0139. The fourth-order valence-electron chi connectivity index (χ4n) is 0.381. The topological polar surface area (TPSA) is 90.7 Å². The van der Waals surface area contributed by atoms with Gasteiger partial charge in [0, 0.05) is 0 Å². The van der Waals surface area contributed by atoms with Gasteiger partial charge in [0.15, 0.2) is 0 Å². The van der Waals surface area contributed by atoms with Gasteiger partial charge >= 0.3 is 0 Å². The highest BCUT2D eigenvalue weighted by Crippen LogP contribution is 2.16. The molecule has 0 radical (unpaired) electrons. The molecular formula is C9H18ClN5. The molecule has 0 atom stereocenters. The molecule has 0 aliphatic heterocycles. The predicted octanol–water partition coefficient (Wildman–Crippen LogP) is 2.13. The highest BCUT2D eigenvalue weighted by molar-refractivity contribution is 6.28. The van der Waals surface area contributed by atoms with Gasteiger partial charge in [-0.1, -0.05) is 34.1 Å². The van der Waals surface area contributed by atoms with Gasteiger partial charge in [0.25, 0.3) is 0 Å². The van der Waals surface area contributed by atoms with E-state index < -0.39 is 0 Å². The first-order chi connectivity index (χ1) is 6.74. The standard InChI is InChI=1S/C6H14.C3H4ClN5/c1-5-6(2,3)4;4-1-7-2(5)9-3(6)8-1/h5H2,1-4H3;(H4,5,6,7,8,9). The van der Waals surface area contributed by atoms with E-state index in [0.29, 0.717) is 5.41 Å². The number of nitrogens with zero attached hydrogens (tertiary/aromatic N) is 3. The van der Waals surface area contributed by atoms with Crippen LogP contribution in [-0.2, 0) is 0 Å². The van der Waals surface area contributed by atoms with Crippen molar-refractivity contribution >= 4 is 23.5 Å². The van der Waals surface area contributed by atoms with E-state index in [4.69, 9.17) is 23.1 Å². The zero-order chi connectivity index (χ0) is 12.1. The molecule has 15 heavy (non-hydrogen) atoms. The van der Waals surface area contributed by atoms with Crippen molar-refractivity contribution in [3.8, 4) is 0 Å². The summed E-state index contributed by atoms with van der Waals surface area (Å²) in [6, 6.07) is 0. The van der Waals surface area contributed by atoms with Crippen LogP contribution in [0.3, 0.4) is 0 Å². The van der Waals surface area contributed by atoms with Gasteiger partial charge in [-0.15, -0.1) is 0 Å². The first kappa shape index (κ1) is 13.9. The SMILES string of the molecule is CCC(C)(C)C.Nc1nc(N)nc(Cl)n1. The molecule has 1 aromatic rings. The number of hydrogen-bond donors (Lipinski definition) is 2. The van der Waals surface area contributed by atoms with Crippen LogP contribution >= 0.6 is 11.6 Å². The number of nitrogen functional groups attached to an aromatic ring is 2. The molecule has 1 aromatic heterocycles. The van der Waals surface area contributed by atoms with E-state index in [9.17, 15) is 0 Å². The summed E-state index contributed by atoms with van der Waals surface area (Å²) in [5.74, 6) is 0.0694. The van der Waals surface area contributed by atoms with Crippen LogP contribution in [0, 0.1) is 5.41 Å². The summed E-state index contributed by atoms with van der Waals surface area (Å²) in [7, 11) is 0. The molecular weight excluding hydrogens is 214 g/mol. The second-order valence-electron chi connectivity index (χ2n) is 4.24. The van der Waals surface area contributed by atoms with Crippen molar-refractivity contribution in [2.45, 2.75) is 34.1 Å². The van der Waals surface area contributed by atoms with Gasteiger partial charge in [0.2, 0.25) is 17.2 Å². The van der Waals surface area contributed by atoms with Gasteiger partial charge < -0.3 is 11.5 Å². The third-order valence-corrected chi connectivity index (χ3v) is 1.87. The molecule has 0 aliphatic rings. The van der Waals surface area contributed by atoms with E-state index in [1.807, 2.05) is 0 Å². The molecule has 0 unspecified atom stereocenters. The monoisotopic (exact) mass is 231 g/mol. The number of halogens is 1. The van der Waals surface area contributed by atoms with E-state index in [2.05, 4.69) is 42.6 Å². The third kappa shape index (κ3) is 7.93. The number of hydrogen-bond acceptors (Lipinski definition) is 5. The van der Waals surface area contributed by atoms with Crippen LogP contribution in [0.4, 0.5) is 11.9 Å². The highest BCUT2D eigenvalue weighted by atomic mass is 35.5. The van der Waals surface area contributed by atoms with Crippen molar-refractivity contribution in [3.05, 3.63) is 5.28 Å². The van der Waals surface area contributed by atoms with Crippen LogP contribution in [0.2, 0.25) is 5.28 Å². The van der Waals surface area contributed by atoms with Gasteiger partial charge in [-0.05, 0) is 17.0 Å². The summed E-state index contributed by atoms with van der Waals surface area (Å²) in [6.07, 6.45) is 1.27. The van der Waals surface area contributed by atoms with E-state index >= 15 is 0 Å². The number of nitrogens with two attached hydrogens (primary N) is 2. The van der Waals surface area contributed by atoms with E-state index in [1.165, 1.54) is 6.42 Å². The number of aromatic nitrogens is 3. The Morgan fingerprint density at radius 3 is 1.60 bits per heavy atom. The van der Waals surface area contributed by atoms with Crippen molar-refractivity contribution in [2.24, 2.45) is 5.41 Å². The lowest BCUT2D eigenvalue weighted by Crippen LogP contribution is -2.01. The molecule has 0 saturated carbocycles. The smallest absolute Gasteiger partial charge is 0.228 e. The van der Waals surface area contributed by atoms with E-state index in [-0.39, 0.29) is 17.2 Å². The summed E-state index contributed by atoms with van der Waals surface area (Å²) < 4.78 is 0. The zero-order valence-electron chi connectivity index (χ0n) is 9.58. The fraction of sp³-hybridized carbons (Fsp3) is 0.667. The maximum atomic E-state index is 5.33. The van der Waals surface area contributed by atoms with E-state index in [0.717, 1.165) is 0 Å². The molecule has 6 heteroatoms. The molecule has 86 valence electrons. The largest absolute Gasteiger partial charge is 0.368 e. The first-order valence-corrected chi connectivity index (χ1v) is 5.05. The minimum atomic E-state index is 0.0139. The summed E-state index contributed by atoms with van der Waals surface area (Å²) in [6.45, 7) is 8.94. The fourth-order valence-corrected chi connectivity index (χ4v) is 0.555. The Morgan fingerprint density at radius 2 is 1.40 bits per heavy atom. The lowest BCUT2D eigenvalue weighted by molar-refractivity contribution is 0.398. The lowest BCUT2D eigenvalue weighted by atomic mass is 9.94. The Balaban J connectivity index is 0.000000288. The third-order valence-electron chi connectivity index (χ3n) is 1.70. The molecule has 0 spiro atoms. The molecule has 0 saturated heterocycles. The molecule has 0 aromatic carbocycles. The maximum Gasteiger partial charge on any atom is 0.228 e. The quantitative estimate of drug-likeness (QED) is 0.714. The summed E-state index contributed by atoms with van der Waals surface area (Å²) >= 11 is 5.33. The van der Waals surface area contributed by atoms with Crippen molar-refractivity contribution < 1.29 is 0 Å². The summed E-state index contributed by atoms with van der Waals surface area (Å²) in [5, 5.41) is 0.0139. The molecule has 4 N–H and O–H groups in total. The molecule has 0 bridgehead atoms. The van der Waals surface area contributed by atoms with Crippen LogP contribution in [-0.4, -0.2) is 15.0 Å². The van der Waals surface area contributed by atoms with Crippen LogP contribution in [0.5, 0.6) is 0 Å². The lowest BCUT2D eigenvalue weighted by Gasteiger charge is -2.12. The average molecular weight is 232 g/mol. The van der Waals surface area contributed by atoms with Gasteiger partial charge in [-0.25, -0.2) is 0 Å². The Morgan fingerprint density at radius 1 is 1.07 bits per heavy atom. The highest BCUT2D eigenvalue weighted by Gasteiger charge is 2.03. The van der Waals surface area contributed by atoms with Crippen molar-refractivity contribution in [1.29, 1.82) is 0 Å². The van der Waals surface area contributed by atoms with Crippen LogP contribution in [0.25, 0.3) is 0 Å². The van der Waals surface area contributed by atoms with Gasteiger partial charge in [-0.2, -0.15) is 15.0 Å². The molecule has 0 aliphatic carbocycles.